The van der Waals surface area contributed by atoms with Crippen LogP contribution in [0.2, 0.25) is 0 Å². The van der Waals surface area contributed by atoms with Crippen LogP contribution >= 0.6 is 34.0 Å². The maximum absolute atomic E-state index is 12.5. The summed E-state index contributed by atoms with van der Waals surface area (Å²) in [6, 6.07) is 28.6. The van der Waals surface area contributed by atoms with E-state index in [1.54, 1.807) is 113 Å². The molecule has 1 amide bonds. The molecular weight excluding hydrogens is 1490 g/mol. The second-order valence-corrected chi connectivity index (χ2v) is 35.4. The topological polar surface area (TPSA) is 326 Å². The number of amides is 1. The number of aryl methyl sites for hydroxylation is 2. The van der Waals surface area contributed by atoms with Gasteiger partial charge in [0.1, 0.15) is 36.2 Å². The Bertz CT molecular complexity index is 5070. The predicted octanol–water partition coefficient (Wildman–Crippen LogP) is 19.4. The van der Waals surface area contributed by atoms with E-state index in [9.17, 15) is 29.1 Å². The quantitative estimate of drug-likeness (QED) is 0.0363. The molecule has 0 aliphatic rings. The molecule has 616 valence electrons. The number of thiazole rings is 3. The number of aliphatic hydroxyl groups is 1. The summed E-state index contributed by atoms with van der Waals surface area (Å²) in [6.07, 6.45) is 3.34. The number of carbonyl (C=O) groups excluding carboxylic acids is 1. The van der Waals surface area contributed by atoms with E-state index in [1.165, 1.54) is 38.9 Å². The number of aromatic amines is 4. The number of nitrogens with two attached hydrogens (primary N) is 1. The normalized spacial score (nSPS) is 11.1. The van der Waals surface area contributed by atoms with E-state index in [1.807, 2.05) is 95.8 Å². The molecule has 12 rings (SSSR count). The highest BCUT2D eigenvalue weighted by atomic mass is 32.1. The molecule has 0 saturated heterocycles. The fourth-order valence-corrected chi connectivity index (χ4v) is 12.0. The van der Waals surface area contributed by atoms with E-state index in [0.717, 1.165) is 67.2 Å². The Morgan fingerprint density at radius 1 is 0.447 bits per heavy atom. The molecule has 0 unspecified atom stereocenters. The monoisotopic (exact) mass is 1610 g/mol. The lowest BCUT2D eigenvalue weighted by molar-refractivity contribution is -0.130. The molecule has 0 radical (unpaired) electrons. The van der Waals surface area contributed by atoms with Gasteiger partial charge in [0.15, 0.2) is 43.7 Å². The molecule has 0 fully saturated rings. The minimum absolute atomic E-state index is 0.00736. The van der Waals surface area contributed by atoms with Crippen LogP contribution in [0.1, 0.15) is 164 Å². The molecule has 0 saturated carbocycles. The lowest BCUT2D eigenvalue weighted by atomic mass is 10.1. The summed E-state index contributed by atoms with van der Waals surface area (Å²) in [5, 5.41) is 30.2. The van der Waals surface area contributed by atoms with E-state index in [-0.39, 0.29) is 46.9 Å². The standard InChI is InChI=1S/C19H22N4O3S.C19H24N4O2S.C19H23N3O3S.C15H13N3O.4C4H10/c1-11(2)20-19-22-16(10-27-19)15-8-17(24)13-6-5-12(7-14(13)21-15)26-9-18(25)23(3)4;1-11(2)21-18-23-16(9-26-18)15-8-17(24)13-6-5-12(7-14(13)22-15)25-10-19(3,4)20;1-11(2)20-18-22-16(9-26-18)15-8-17(23)13-6-5-12(7-14(13)21-15)25-10-19(3,4)24;1-9-3-4-11-12(5-9)18-13(6-15(11)19)14-8-16-7-10(2)17-14;4*1-4(2)3/h5-8,10-11H,9H2,1-4H3,(H,20,22)(H,21,24);5-9,11H,10,20H2,1-4H3,(H,21,23)(H,22,24);5-9,11,24H,10H2,1-4H3,(H,20,22)(H,21,23);3-8H,1-2H3,(H,18,19);4*4H,1-3H3. The summed E-state index contributed by atoms with van der Waals surface area (Å²) >= 11 is 4.51. The summed E-state index contributed by atoms with van der Waals surface area (Å²) in [5.74, 6) is 4.98. The number of H-pyrrole nitrogens is 4. The largest absolute Gasteiger partial charge is 0.492 e. The minimum atomic E-state index is -0.926. The average Bonchev–Trinajstić information content (AvgIpc) is 1.20. The lowest BCUT2D eigenvalue weighted by Gasteiger charge is -2.19. The summed E-state index contributed by atoms with van der Waals surface area (Å²) < 4.78 is 16.9. The summed E-state index contributed by atoms with van der Waals surface area (Å²) in [7, 11) is 3.35. The van der Waals surface area contributed by atoms with Crippen molar-refractivity contribution in [2.45, 2.75) is 195 Å². The Hall–Kier alpha value is -10.1. The van der Waals surface area contributed by atoms with E-state index in [4.69, 9.17) is 19.9 Å². The molecular formula is C88H122N14O9S3. The number of benzene rings is 4. The number of anilines is 3. The van der Waals surface area contributed by atoms with Crippen molar-refractivity contribution in [2.24, 2.45) is 29.4 Å². The fourth-order valence-electron chi connectivity index (χ4n) is 9.41. The SMILES string of the molecule is CC(C)C.CC(C)C.CC(C)C.CC(C)C.CC(C)Nc1nc(-c2cc(=O)c3ccc(OCC(=O)N(C)C)cc3[nH]2)cs1.CC(C)Nc1nc(-c2cc(=O)c3ccc(OCC(C)(C)N)cc3[nH]2)cs1.CC(C)Nc1nc(-c2cc(=O)c3ccc(OCC(C)(C)O)cc3[nH]2)cs1.Cc1ccc2c(=O)cc(-c3cncc(C)n3)[nH]c2c1. The first kappa shape index (κ1) is 94.5. The van der Waals surface area contributed by atoms with Crippen LogP contribution < -0.4 is 57.6 Å². The van der Waals surface area contributed by atoms with Gasteiger partial charge in [0.05, 0.1) is 79.4 Å². The first-order valence-electron chi connectivity index (χ1n) is 38.5. The van der Waals surface area contributed by atoms with Crippen molar-refractivity contribution in [3.05, 3.63) is 178 Å². The van der Waals surface area contributed by atoms with Gasteiger partial charge in [-0.2, -0.15) is 0 Å². The molecule has 12 aromatic rings. The highest BCUT2D eigenvalue weighted by molar-refractivity contribution is 7.14. The second kappa shape index (κ2) is 44.5. The van der Waals surface area contributed by atoms with Crippen molar-refractivity contribution in [1.29, 1.82) is 0 Å². The van der Waals surface area contributed by atoms with Crippen LogP contribution in [0.15, 0.2) is 145 Å². The van der Waals surface area contributed by atoms with Crippen molar-refractivity contribution < 1.29 is 24.1 Å². The first-order chi connectivity index (χ1) is 53.3. The van der Waals surface area contributed by atoms with Crippen molar-refractivity contribution in [1.82, 2.24) is 49.8 Å². The van der Waals surface area contributed by atoms with Crippen LogP contribution in [0.3, 0.4) is 0 Å². The minimum Gasteiger partial charge on any atom is -0.492 e. The van der Waals surface area contributed by atoms with Crippen molar-refractivity contribution in [3.8, 4) is 62.8 Å². The number of pyridine rings is 4. The molecule has 0 aliphatic carbocycles. The van der Waals surface area contributed by atoms with E-state index in [2.05, 4.69) is 158 Å². The van der Waals surface area contributed by atoms with Crippen molar-refractivity contribution in [3.63, 3.8) is 0 Å². The van der Waals surface area contributed by atoms with Gasteiger partial charge in [-0.3, -0.25) is 29.0 Å². The van der Waals surface area contributed by atoms with Crippen LogP contribution in [0.4, 0.5) is 15.4 Å². The lowest BCUT2D eigenvalue weighted by Crippen LogP contribution is -2.38. The molecule has 114 heavy (non-hydrogen) atoms. The third kappa shape index (κ3) is 33.5. The number of hydrogen-bond acceptors (Lipinski definition) is 21. The van der Waals surface area contributed by atoms with Crippen LogP contribution in [-0.4, -0.2) is 124 Å². The number of ether oxygens (including phenoxy) is 3. The third-order valence-corrected chi connectivity index (χ3v) is 16.4. The number of hydrogen-bond donors (Lipinski definition) is 9. The zero-order valence-corrected chi connectivity index (χ0v) is 73.9. The summed E-state index contributed by atoms with van der Waals surface area (Å²) in [6.45, 7) is 49.8. The number of carbonyl (C=O) groups is 1. The molecule has 0 aliphatic heterocycles. The van der Waals surface area contributed by atoms with Gasteiger partial charge in [0.25, 0.3) is 5.91 Å². The van der Waals surface area contributed by atoms with Crippen LogP contribution in [0, 0.1) is 37.5 Å². The van der Waals surface area contributed by atoms with Crippen LogP contribution in [-0.2, 0) is 4.79 Å². The molecule has 10 N–H and O–H groups in total. The fraction of sp³-hybridized carbons (Fsp3) is 0.432. The summed E-state index contributed by atoms with van der Waals surface area (Å²) in [4.78, 5) is 97.8. The second-order valence-electron chi connectivity index (χ2n) is 32.8. The predicted molar refractivity (Wildman–Crippen MR) is 480 cm³/mol. The van der Waals surface area contributed by atoms with Gasteiger partial charge < -0.3 is 65.8 Å². The molecule has 8 heterocycles. The Morgan fingerprint density at radius 3 is 1.06 bits per heavy atom. The number of rotatable bonds is 19. The maximum Gasteiger partial charge on any atom is 0.259 e. The Kier molecular flexibility index (Phi) is 36.9. The molecule has 4 aromatic carbocycles. The van der Waals surface area contributed by atoms with Gasteiger partial charge in [0.2, 0.25) is 0 Å². The average molecular weight is 1620 g/mol. The highest BCUT2D eigenvalue weighted by Gasteiger charge is 2.18. The van der Waals surface area contributed by atoms with Crippen molar-refractivity contribution in [2.75, 3.05) is 49.9 Å². The maximum atomic E-state index is 12.5. The van der Waals surface area contributed by atoms with Gasteiger partial charge in [-0.05, 0) is 161 Å². The third-order valence-electron chi connectivity index (χ3n) is 14.1. The molecule has 0 atom stereocenters. The van der Waals surface area contributed by atoms with E-state index in [0.29, 0.717) is 108 Å². The van der Waals surface area contributed by atoms with Gasteiger partial charge in [-0.25, -0.2) is 19.9 Å². The highest BCUT2D eigenvalue weighted by Crippen LogP contribution is 2.30. The van der Waals surface area contributed by atoms with Gasteiger partial charge in [0, 0.05) is 124 Å². The van der Waals surface area contributed by atoms with Gasteiger partial charge >= 0.3 is 0 Å². The zero-order valence-electron chi connectivity index (χ0n) is 71.5. The molecule has 26 heteroatoms. The number of nitrogens with zero attached hydrogens (tertiary/aromatic N) is 6. The smallest absolute Gasteiger partial charge is 0.259 e. The molecule has 23 nitrogen and oxygen atoms in total. The Labute approximate surface area is 683 Å². The van der Waals surface area contributed by atoms with Gasteiger partial charge in [-0.1, -0.05) is 89.2 Å². The van der Waals surface area contributed by atoms with E-state index < -0.39 is 11.1 Å². The molecule has 8 aromatic heterocycles. The molecule has 0 bridgehead atoms. The van der Waals surface area contributed by atoms with Crippen LogP contribution in [0.5, 0.6) is 17.2 Å². The number of nitrogens with one attached hydrogen (secondary N) is 7. The number of fused-ring (bicyclic) bond motifs is 4. The van der Waals surface area contributed by atoms with Crippen LogP contribution in [0.25, 0.3) is 89.2 Å². The summed E-state index contributed by atoms with van der Waals surface area (Å²) in [5.41, 5.74) is 14.7. The van der Waals surface area contributed by atoms with E-state index >= 15 is 0 Å². The van der Waals surface area contributed by atoms with Crippen molar-refractivity contribution >= 4 is 98.9 Å². The Morgan fingerprint density at radius 2 is 0.754 bits per heavy atom. The Balaban J connectivity index is 0.000000256. The first-order valence-corrected chi connectivity index (χ1v) is 41.2. The number of likely N-dealkylation sites (N-methyl/N-ethyl adjacent to an activating group) is 1. The number of aromatic nitrogens is 9. The van der Waals surface area contributed by atoms with Gasteiger partial charge in [-0.15, -0.1) is 34.0 Å². The molecule has 0 spiro atoms. The zero-order chi connectivity index (χ0) is 85.1.